The molecule has 26 heavy (non-hydrogen) atoms. The summed E-state index contributed by atoms with van der Waals surface area (Å²) < 4.78 is 0. The highest BCUT2D eigenvalue weighted by molar-refractivity contribution is 5.94. The minimum Gasteiger partial charge on any atom is -0.318 e. The van der Waals surface area contributed by atoms with Crippen molar-refractivity contribution in [3.8, 4) is 0 Å². The molecule has 2 aromatic rings. The Balaban J connectivity index is 1.38. The van der Waals surface area contributed by atoms with E-state index in [4.69, 9.17) is 0 Å². The molecule has 0 radical (unpaired) electrons. The molecule has 0 saturated carbocycles. The standard InChI is InChI=1S/C23H26N2O/c26-23(24-14-6-10-18-9-4-5-11-22(18)24)25-20-12-13-21(25)16-19(15-20)17-7-2-1-3-8-17/h1-5,7-9,11,19-21H,6,10,12-16H2/t19?,20-,21+. The molecule has 2 amide bonds. The Hall–Kier alpha value is -2.29. The molecule has 0 aromatic heterocycles. The number of nitrogens with zero attached hydrogens (tertiary/aromatic N) is 2. The van der Waals surface area contributed by atoms with E-state index in [1.54, 1.807) is 0 Å². The summed E-state index contributed by atoms with van der Waals surface area (Å²) in [6.07, 6.45) is 6.70. The first-order valence-corrected chi connectivity index (χ1v) is 10.0. The van der Waals surface area contributed by atoms with Gasteiger partial charge in [0.05, 0.1) is 0 Å². The molecule has 3 nitrogen and oxygen atoms in total. The summed E-state index contributed by atoms with van der Waals surface area (Å²) in [5, 5.41) is 0. The van der Waals surface area contributed by atoms with Crippen molar-refractivity contribution in [3.05, 3.63) is 65.7 Å². The molecular formula is C23H26N2O. The predicted molar refractivity (Wildman–Crippen MR) is 105 cm³/mol. The van der Waals surface area contributed by atoms with Gasteiger partial charge >= 0.3 is 6.03 Å². The van der Waals surface area contributed by atoms with Gasteiger partial charge in [-0.05, 0) is 61.6 Å². The minimum atomic E-state index is 0.246. The van der Waals surface area contributed by atoms with Crippen molar-refractivity contribution in [1.29, 1.82) is 0 Å². The Kier molecular flexibility index (Phi) is 3.96. The van der Waals surface area contributed by atoms with Crippen molar-refractivity contribution in [3.63, 3.8) is 0 Å². The van der Waals surface area contributed by atoms with Crippen LogP contribution >= 0.6 is 0 Å². The molecule has 2 fully saturated rings. The van der Waals surface area contributed by atoms with Gasteiger partial charge in [0, 0.05) is 24.3 Å². The number of fused-ring (bicyclic) bond motifs is 3. The van der Waals surface area contributed by atoms with Gasteiger partial charge in [-0.1, -0.05) is 48.5 Å². The van der Waals surface area contributed by atoms with E-state index in [1.165, 1.54) is 11.1 Å². The van der Waals surface area contributed by atoms with Crippen LogP contribution in [0.4, 0.5) is 10.5 Å². The first kappa shape index (κ1) is 15.9. The lowest BCUT2D eigenvalue weighted by atomic mass is 9.85. The van der Waals surface area contributed by atoms with Crippen LogP contribution in [0.3, 0.4) is 0 Å². The van der Waals surface area contributed by atoms with E-state index in [2.05, 4.69) is 59.5 Å². The zero-order valence-electron chi connectivity index (χ0n) is 15.2. The van der Waals surface area contributed by atoms with Crippen molar-refractivity contribution < 1.29 is 4.79 Å². The van der Waals surface area contributed by atoms with Crippen LogP contribution in [0.2, 0.25) is 0 Å². The average Bonchev–Trinajstić information content (AvgIpc) is 2.97. The molecule has 3 heteroatoms. The second-order valence-corrected chi connectivity index (χ2v) is 8.04. The lowest BCUT2D eigenvalue weighted by molar-refractivity contribution is 0.143. The van der Waals surface area contributed by atoms with E-state index in [-0.39, 0.29) is 6.03 Å². The predicted octanol–water partition coefficient (Wildman–Crippen LogP) is 4.97. The third-order valence-corrected chi connectivity index (χ3v) is 6.57. The van der Waals surface area contributed by atoms with E-state index >= 15 is 0 Å². The highest BCUT2D eigenvalue weighted by atomic mass is 16.2. The highest BCUT2D eigenvalue weighted by Gasteiger charge is 2.45. The molecule has 0 spiro atoms. The maximum Gasteiger partial charge on any atom is 0.324 e. The van der Waals surface area contributed by atoms with Gasteiger partial charge in [0.25, 0.3) is 0 Å². The van der Waals surface area contributed by atoms with Crippen LogP contribution < -0.4 is 4.90 Å². The monoisotopic (exact) mass is 346 g/mol. The number of amides is 2. The molecule has 0 N–H and O–H groups in total. The van der Waals surface area contributed by atoms with E-state index in [9.17, 15) is 4.79 Å². The SMILES string of the molecule is O=C(N1CCCc2ccccc21)N1[C@@H]2CC[C@H]1CC(c1ccccc1)C2. The van der Waals surface area contributed by atoms with Gasteiger partial charge in [0.1, 0.15) is 0 Å². The number of urea groups is 1. The van der Waals surface area contributed by atoms with Gasteiger partial charge in [0.15, 0.2) is 0 Å². The molecule has 2 bridgehead atoms. The van der Waals surface area contributed by atoms with Gasteiger partial charge in [-0.2, -0.15) is 0 Å². The van der Waals surface area contributed by atoms with Gasteiger partial charge in [0.2, 0.25) is 0 Å². The Labute approximate surface area is 155 Å². The Bertz CT molecular complexity index is 789. The average molecular weight is 346 g/mol. The van der Waals surface area contributed by atoms with Crippen LogP contribution in [-0.2, 0) is 6.42 Å². The number of hydrogen-bond acceptors (Lipinski definition) is 1. The summed E-state index contributed by atoms with van der Waals surface area (Å²) in [6, 6.07) is 20.4. The molecule has 3 atom stereocenters. The fourth-order valence-electron chi connectivity index (χ4n) is 5.36. The summed E-state index contributed by atoms with van der Waals surface area (Å²) in [6.45, 7) is 0.855. The maximum absolute atomic E-state index is 13.5. The molecule has 3 heterocycles. The lowest BCUT2D eigenvalue weighted by Crippen LogP contribution is -2.53. The van der Waals surface area contributed by atoms with Crippen LogP contribution in [0.5, 0.6) is 0 Å². The van der Waals surface area contributed by atoms with Crippen LogP contribution in [0, 0.1) is 0 Å². The summed E-state index contributed by atoms with van der Waals surface area (Å²) in [5.41, 5.74) is 3.90. The molecule has 3 aliphatic rings. The second-order valence-electron chi connectivity index (χ2n) is 8.04. The normalized spacial score (nSPS) is 27.3. The summed E-state index contributed by atoms with van der Waals surface area (Å²) in [4.78, 5) is 17.8. The molecular weight excluding hydrogens is 320 g/mol. The maximum atomic E-state index is 13.5. The smallest absolute Gasteiger partial charge is 0.318 e. The van der Waals surface area contributed by atoms with Crippen molar-refractivity contribution in [2.24, 2.45) is 0 Å². The van der Waals surface area contributed by atoms with Crippen molar-refractivity contribution in [1.82, 2.24) is 4.90 Å². The number of carbonyl (C=O) groups excluding carboxylic acids is 1. The van der Waals surface area contributed by atoms with Crippen LogP contribution in [0.15, 0.2) is 54.6 Å². The third-order valence-electron chi connectivity index (χ3n) is 6.57. The highest BCUT2D eigenvalue weighted by Crippen LogP contribution is 2.44. The van der Waals surface area contributed by atoms with Gasteiger partial charge in [-0.25, -0.2) is 4.79 Å². The zero-order valence-corrected chi connectivity index (χ0v) is 15.2. The minimum absolute atomic E-state index is 0.246. The summed E-state index contributed by atoms with van der Waals surface area (Å²) in [7, 11) is 0. The quantitative estimate of drug-likeness (QED) is 0.715. The number of benzene rings is 2. The fourth-order valence-corrected chi connectivity index (χ4v) is 5.36. The molecule has 0 aliphatic carbocycles. The van der Waals surface area contributed by atoms with Crippen molar-refractivity contribution in [2.75, 3.05) is 11.4 Å². The Morgan fingerprint density at radius 1 is 0.885 bits per heavy atom. The fraction of sp³-hybridized carbons (Fsp3) is 0.435. The first-order chi connectivity index (χ1) is 12.8. The number of piperidine rings is 1. The molecule has 2 saturated heterocycles. The van der Waals surface area contributed by atoms with Crippen LogP contribution in [-0.4, -0.2) is 29.6 Å². The first-order valence-electron chi connectivity index (χ1n) is 10.0. The second kappa shape index (κ2) is 6.46. The summed E-state index contributed by atoms with van der Waals surface area (Å²) in [5.74, 6) is 0.603. The van der Waals surface area contributed by atoms with E-state index < -0.39 is 0 Å². The molecule has 3 aliphatic heterocycles. The number of aryl methyl sites for hydroxylation is 1. The lowest BCUT2D eigenvalue weighted by Gasteiger charge is -2.42. The molecule has 5 rings (SSSR count). The number of para-hydroxylation sites is 1. The van der Waals surface area contributed by atoms with Crippen molar-refractivity contribution >= 4 is 11.7 Å². The van der Waals surface area contributed by atoms with Gasteiger partial charge in [-0.15, -0.1) is 0 Å². The number of hydrogen-bond donors (Lipinski definition) is 0. The molecule has 2 aromatic carbocycles. The largest absolute Gasteiger partial charge is 0.324 e. The van der Waals surface area contributed by atoms with Crippen LogP contribution in [0.25, 0.3) is 0 Å². The third kappa shape index (κ3) is 2.61. The van der Waals surface area contributed by atoms with Gasteiger partial charge in [-0.3, -0.25) is 4.90 Å². The van der Waals surface area contributed by atoms with Crippen LogP contribution in [0.1, 0.15) is 49.1 Å². The van der Waals surface area contributed by atoms with E-state index in [0.29, 0.717) is 18.0 Å². The number of anilines is 1. The Morgan fingerprint density at radius 3 is 2.35 bits per heavy atom. The Morgan fingerprint density at radius 2 is 1.58 bits per heavy atom. The van der Waals surface area contributed by atoms with Crippen molar-refractivity contribution in [2.45, 2.75) is 56.5 Å². The molecule has 134 valence electrons. The van der Waals surface area contributed by atoms with Gasteiger partial charge < -0.3 is 4.90 Å². The number of carbonyl (C=O) groups is 1. The summed E-state index contributed by atoms with van der Waals surface area (Å²) >= 11 is 0. The molecule has 1 unspecified atom stereocenters. The zero-order chi connectivity index (χ0) is 17.5. The van der Waals surface area contributed by atoms with E-state index in [1.807, 2.05) is 4.90 Å². The van der Waals surface area contributed by atoms with E-state index in [0.717, 1.165) is 50.8 Å². The number of rotatable bonds is 1. The topological polar surface area (TPSA) is 23.6 Å².